The van der Waals surface area contributed by atoms with Gasteiger partial charge in [0.15, 0.2) is 0 Å². The highest BCUT2D eigenvalue weighted by molar-refractivity contribution is 9.10. The number of carboxylic acids is 1. The van der Waals surface area contributed by atoms with Crippen molar-refractivity contribution in [3.05, 3.63) is 63.9 Å². The molecule has 1 N–H and O–H groups in total. The molecular formula is C15H13BrFNO2. The van der Waals surface area contributed by atoms with E-state index in [0.717, 1.165) is 11.3 Å². The Kier molecular flexibility index (Phi) is 4.39. The van der Waals surface area contributed by atoms with E-state index in [-0.39, 0.29) is 11.4 Å². The summed E-state index contributed by atoms with van der Waals surface area (Å²) in [6.45, 7) is 0.493. The van der Waals surface area contributed by atoms with Crippen molar-refractivity contribution < 1.29 is 14.3 Å². The summed E-state index contributed by atoms with van der Waals surface area (Å²) in [4.78, 5) is 12.9. The van der Waals surface area contributed by atoms with E-state index < -0.39 is 5.97 Å². The predicted molar refractivity (Wildman–Crippen MR) is 79.6 cm³/mol. The van der Waals surface area contributed by atoms with Gasteiger partial charge in [0.05, 0.1) is 5.56 Å². The molecule has 2 rings (SSSR count). The summed E-state index contributed by atoms with van der Waals surface area (Å²) in [6.07, 6.45) is 0. The van der Waals surface area contributed by atoms with Gasteiger partial charge >= 0.3 is 5.97 Å². The van der Waals surface area contributed by atoms with Crippen molar-refractivity contribution in [3.8, 4) is 0 Å². The van der Waals surface area contributed by atoms with Crippen molar-refractivity contribution in [2.75, 3.05) is 11.9 Å². The number of anilines is 1. The molecule has 20 heavy (non-hydrogen) atoms. The van der Waals surface area contributed by atoms with Crippen LogP contribution in [-0.2, 0) is 6.54 Å². The first kappa shape index (κ1) is 14.5. The maximum absolute atomic E-state index is 13.2. The molecule has 0 unspecified atom stereocenters. The third kappa shape index (κ3) is 3.57. The molecule has 0 aliphatic heterocycles. The van der Waals surface area contributed by atoms with Crippen LogP contribution in [0.15, 0.2) is 46.9 Å². The Labute approximate surface area is 124 Å². The van der Waals surface area contributed by atoms with Gasteiger partial charge in [0.1, 0.15) is 5.82 Å². The monoisotopic (exact) mass is 337 g/mol. The first-order chi connectivity index (χ1) is 9.45. The van der Waals surface area contributed by atoms with Crippen molar-refractivity contribution >= 4 is 27.6 Å². The van der Waals surface area contributed by atoms with E-state index in [1.807, 2.05) is 24.1 Å². The molecule has 0 saturated carbocycles. The lowest BCUT2D eigenvalue weighted by molar-refractivity contribution is 0.0697. The highest BCUT2D eigenvalue weighted by Gasteiger charge is 2.09. The largest absolute Gasteiger partial charge is 0.478 e. The lowest BCUT2D eigenvalue weighted by Crippen LogP contribution is -2.17. The normalized spacial score (nSPS) is 10.3. The molecule has 0 bridgehead atoms. The molecule has 0 fully saturated rings. The molecule has 0 saturated heterocycles. The minimum atomic E-state index is -0.980. The van der Waals surface area contributed by atoms with E-state index in [4.69, 9.17) is 5.11 Å². The molecule has 0 atom stereocenters. The number of benzene rings is 2. The molecule has 0 spiro atoms. The Hall–Kier alpha value is -1.88. The Bertz CT molecular complexity index is 646. The molecule has 0 heterocycles. The van der Waals surface area contributed by atoms with Crippen molar-refractivity contribution in [2.24, 2.45) is 0 Å². The first-order valence-corrected chi connectivity index (χ1v) is 6.74. The maximum Gasteiger partial charge on any atom is 0.335 e. The Morgan fingerprint density at radius 2 is 2.05 bits per heavy atom. The molecule has 0 radical (unpaired) electrons. The van der Waals surface area contributed by atoms with Gasteiger partial charge in [-0.25, -0.2) is 9.18 Å². The third-order valence-electron chi connectivity index (χ3n) is 2.88. The summed E-state index contributed by atoms with van der Waals surface area (Å²) in [5.74, 6) is -1.26. The van der Waals surface area contributed by atoms with E-state index in [9.17, 15) is 9.18 Å². The van der Waals surface area contributed by atoms with Crippen LogP contribution in [0.25, 0.3) is 0 Å². The highest BCUT2D eigenvalue weighted by Crippen LogP contribution is 2.23. The number of rotatable bonds is 4. The summed E-state index contributed by atoms with van der Waals surface area (Å²) in [5, 5.41) is 9.05. The van der Waals surface area contributed by atoms with Crippen LogP contribution < -0.4 is 4.90 Å². The van der Waals surface area contributed by atoms with Gasteiger partial charge in [-0.1, -0.05) is 28.1 Å². The number of carboxylic acid groups (broad SMARTS) is 1. The first-order valence-electron chi connectivity index (χ1n) is 5.95. The summed E-state index contributed by atoms with van der Waals surface area (Å²) in [5.41, 5.74) is 1.78. The van der Waals surface area contributed by atoms with Crippen LogP contribution in [-0.4, -0.2) is 18.1 Å². The number of hydrogen-bond acceptors (Lipinski definition) is 2. The fraction of sp³-hybridized carbons (Fsp3) is 0.133. The standard InChI is InChI=1S/C15H13BrFNO2/c1-18(9-10-3-2-4-13(17)5-10)14-7-11(15(19)20)6-12(16)8-14/h2-8H,9H2,1H3,(H,19,20). The van der Waals surface area contributed by atoms with Crippen molar-refractivity contribution in [2.45, 2.75) is 6.54 Å². The third-order valence-corrected chi connectivity index (χ3v) is 3.34. The zero-order valence-electron chi connectivity index (χ0n) is 10.8. The van der Waals surface area contributed by atoms with Crippen LogP contribution in [0.3, 0.4) is 0 Å². The van der Waals surface area contributed by atoms with E-state index in [1.165, 1.54) is 12.1 Å². The molecule has 0 aliphatic carbocycles. The molecule has 2 aromatic carbocycles. The lowest BCUT2D eigenvalue weighted by Gasteiger charge is -2.20. The maximum atomic E-state index is 13.2. The predicted octanol–water partition coefficient (Wildman–Crippen LogP) is 3.92. The van der Waals surface area contributed by atoms with Crippen LogP contribution >= 0.6 is 15.9 Å². The molecule has 0 aromatic heterocycles. The smallest absolute Gasteiger partial charge is 0.335 e. The van der Waals surface area contributed by atoms with Crippen LogP contribution in [0.2, 0.25) is 0 Å². The average Bonchev–Trinajstić information content (AvgIpc) is 2.37. The van der Waals surface area contributed by atoms with Gasteiger partial charge in [-0.3, -0.25) is 0 Å². The number of carbonyl (C=O) groups is 1. The molecule has 5 heteroatoms. The zero-order valence-corrected chi connectivity index (χ0v) is 12.4. The zero-order chi connectivity index (χ0) is 14.7. The topological polar surface area (TPSA) is 40.5 Å². The second-order valence-electron chi connectivity index (χ2n) is 4.49. The fourth-order valence-corrected chi connectivity index (χ4v) is 2.40. The van der Waals surface area contributed by atoms with Crippen molar-refractivity contribution in [1.82, 2.24) is 0 Å². The van der Waals surface area contributed by atoms with Gasteiger partial charge in [-0.05, 0) is 35.9 Å². The molecule has 2 aromatic rings. The Balaban J connectivity index is 2.25. The van der Waals surface area contributed by atoms with Gasteiger partial charge in [0, 0.05) is 23.8 Å². The second-order valence-corrected chi connectivity index (χ2v) is 5.40. The van der Waals surface area contributed by atoms with Crippen LogP contribution in [0.5, 0.6) is 0 Å². The van der Waals surface area contributed by atoms with E-state index in [2.05, 4.69) is 15.9 Å². The van der Waals surface area contributed by atoms with Gasteiger partial charge in [0.2, 0.25) is 0 Å². The van der Waals surface area contributed by atoms with Gasteiger partial charge < -0.3 is 10.0 Å². The molecular weight excluding hydrogens is 325 g/mol. The van der Waals surface area contributed by atoms with E-state index in [0.29, 0.717) is 11.0 Å². The van der Waals surface area contributed by atoms with Gasteiger partial charge in [-0.15, -0.1) is 0 Å². The molecule has 3 nitrogen and oxygen atoms in total. The number of halogens is 2. The average molecular weight is 338 g/mol. The van der Waals surface area contributed by atoms with E-state index >= 15 is 0 Å². The minimum absolute atomic E-state index is 0.209. The molecule has 0 amide bonds. The quantitative estimate of drug-likeness (QED) is 0.919. The van der Waals surface area contributed by atoms with E-state index in [1.54, 1.807) is 18.2 Å². The summed E-state index contributed by atoms with van der Waals surface area (Å²) in [7, 11) is 1.83. The minimum Gasteiger partial charge on any atom is -0.478 e. The highest BCUT2D eigenvalue weighted by atomic mass is 79.9. The van der Waals surface area contributed by atoms with Crippen molar-refractivity contribution in [1.29, 1.82) is 0 Å². The molecule has 0 aliphatic rings. The molecule has 104 valence electrons. The van der Waals surface area contributed by atoms with Crippen molar-refractivity contribution in [3.63, 3.8) is 0 Å². The van der Waals surface area contributed by atoms with Gasteiger partial charge in [-0.2, -0.15) is 0 Å². The SMILES string of the molecule is CN(Cc1cccc(F)c1)c1cc(Br)cc(C(=O)O)c1. The summed E-state index contributed by atoms with van der Waals surface area (Å²) >= 11 is 3.30. The number of aromatic carboxylic acids is 1. The summed E-state index contributed by atoms with van der Waals surface area (Å²) < 4.78 is 13.8. The lowest BCUT2D eigenvalue weighted by atomic mass is 10.1. The Morgan fingerprint density at radius 3 is 2.70 bits per heavy atom. The Morgan fingerprint density at radius 1 is 1.30 bits per heavy atom. The van der Waals surface area contributed by atoms with Crippen LogP contribution in [0, 0.1) is 5.82 Å². The second kappa shape index (κ2) is 6.05. The van der Waals surface area contributed by atoms with Crippen LogP contribution in [0.4, 0.5) is 10.1 Å². The van der Waals surface area contributed by atoms with Gasteiger partial charge in [0.25, 0.3) is 0 Å². The number of nitrogens with zero attached hydrogens (tertiary/aromatic N) is 1. The number of hydrogen-bond donors (Lipinski definition) is 1. The summed E-state index contributed by atoms with van der Waals surface area (Å²) in [6, 6.07) is 11.3. The fourth-order valence-electron chi connectivity index (χ4n) is 1.92. The van der Waals surface area contributed by atoms with Crippen LogP contribution in [0.1, 0.15) is 15.9 Å².